The summed E-state index contributed by atoms with van der Waals surface area (Å²) in [6.45, 7) is 6.94. The maximum atomic E-state index is 11.5. The maximum Gasteiger partial charge on any atom is 0.219 e. The number of ether oxygens (including phenoxy) is 1. The molecule has 3 heterocycles. The van der Waals surface area contributed by atoms with Gasteiger partial charge in [-0.25, -0.2) is 9.97 Å². The summed E-state index contributed by atoms with van der Waals surface area (Å²) in [6.07, 6.45) is 1.53. The van der Waals surface area contributed by atoms with Crippen LogP contribution in [0.5, 0.6) is 5.75 Å². The van der Waals surface area contributed by atoms with E-state index in [0.717, 1.165) is 17.3 Å². The summed E-state index contributed by atoms with van der Waals surface area (Å²) in [5.41, 5.74) is 2.16. The molecule has 9 heteroatoms. The summed E-state index contributed by atoms with van der Waals surface area (Å²) in [6, 6.07) is 7.64. The predicted octanol–water partition coefficient (Wildman–Crippen LogP) is 1.28. The van der Waals surface area contributed by atoms with Crippen molar-refractivity contribution in [2.24, 2.45) is 0 Å². The average molecular weight is 367 g/mol. The molecule has 0 spiro atoms. The largest absolute Gasteiger partial charge is 0.494 e. The molecule has 0 atom stereocenters. The topological polar surface area (TPSA) is 89.3 Å². The third-order valence-electron chi connectivity index (χ3n) is 4.64. The molecule has 4 rings (SSSR count). The van der Waals surface area contributed by atoms with Crippen molar-refractivity contribution in [3.63, 3.8) is 0 Å². The van der Waals surface area contributed by atoms with Gasteiger partial charge in [-0.1, -0.05) is 5.21 Å². The van der Waals surface area contributed by atoms with Gasteiger partial charge in [-0.15, -0.1) is 5.10 Å². The van der Waals surface area contributed by atoms with E-state index < -0.39 is 0 Å². The number of hydrogen-bond donors (Lipinski definition) is 0. The fourth-order valence-corrected chi connectivity index (χ4v) is 3.23. The smallest absolute Gasteiger partial charge is 0.219 e. The normalized spacial score (nSPS) is 14.6. The number of benzene rings is 1. The number of piperazine rings is 1. The minimum Gasteiger partial charge on any atom is -0.494 e. The van der Waals surface area contributed by atoms with Crippen molar-refractivity contribution in [1.29, 1.82) is 0 Å². The van der Waals surface area contributed by atoms with E-state index >= 15 is 0 Å². The van der Waals surface area contributed by atoms with Crippen LogP contribution in [0.25, 0.3) is 16.9 Å². The van der Waals surface area contributed by atoms with Gasteiger partial charge in [-0.05, 0) is 31.2 Å². The van der Waals surface area contributed by atoms with E-state index in [9.17, 15) is 4.79 Å². The van der Waals surface area contributed by atoms with Crippen molar-refractivity contribution < 1.29 is 9.53 Å². The van der Waals surface area contributed by atoms with Crippen LogP contribution in [-0.4, -0.2) is 68.6 Å². The Labute approximate surface area is 156 Å². The molecule has 140 valence electrons. The molecule has 0 aliphatic carbocycles. The lowest BCUT2D eigenvalue weighted by Gasteiger charge is -2.34. The van der Waals surface area contributed by atoms with Crippen LogP contribution in [-0.2, 0) is 4.79 Å². The molecule has 9 nitrogen and oxygen atoms in total. The number of amides is 1. The van der Waals surface area contributed by atoms with Gasteiger partial charge >= 0.3 is 0 Å². The van der Waals surface area contributed by atoms with E-state index in [0.29, 0.717) is 43.9 Å². The summed E-state index contributed by atoms with van der Waals surface area (Å²) in [4.78, 5) is 24.3. The molecule has 0 unspecified atom stereocenters. The highest BCUT2D eigenvalue weighted by Gasteiger charge is 2.23. The van der Waals surface area contributed by atoms with Gasteiger partial charge in [0.05, 0.1) is 12.3 Å². The number of aromatic nitrogens is 5. The molecular formula is C18H21N7O2. The Balaban J connectivity index is 1.63. The highest BCUT2D eigenvalue weighted by atomic mass is 16.5. The number of hydrogen-bond acceptors (Lipinski definition) is 7. The second kappa shape index (κ2) is 7.18. The summed E-state index contributed by atoms with van der Waals surface area (Å²) in [7, 11) is 0. The molecule has 0 saturated carbocycles. The van der Waals surface area contributed by atoms with Crippen LogP contribution in [0.4, 0.5) is 5.82 Å². The first kappa shape index (κ1) is 17.2. The number of nitrogens with zero attached hydrogens (tertiary/aromatic N) is 7. The number of carbonyl (C=O) groups is 1. The highest BCUT2D eigenvalue weighted by Crippen LogP contribution is 2.24. The van der Waals surface area contributed by atoms with Gasteiger partial charge in [-0.2, -0.15) is 4.68 Å². The van der Waals surface area contributed by atoms with Gasteiger partial charge in [0.25, 0.3) is 0 Å². The molecular weight excluding hydrogens is 346 g/mol. The van der Waals surface area contributed by atoms with Crippen molar-refractivity contribution in [2.45, 2.75) is 13.8 Å². The van der Waals surface area contributed by atoms with Crippen LogP contribution in [0, 0.1) is 0 Å². The van der Waals surface area contributed by atoms with E-state index in [1.54, 1.807) is 11.6 Å². The summed E-state index contributed by atoms with van der Waals surface area (Å²) in [5, 5.41) is 8.59. The second-order valence-electron chi connectivity index (χ2n) is 6.29. The van der Waals surface area contributed by atoms with Crippen LogP contribution in [0.1, 0.15) is 13.8 Å². The molecule has 1 aromatic carbocycles. The zero-order valence-electron chi connectivity index (χ0n) is 15.4. The Morgan fingerprint density at radius 2 is 1.85 bits per heavy atom. The first-order chi connectivity index (χ1) is 13.2. The van der Waals surface area contributed by atoms with Crippen LogP contribution in [0.3, 0.4) is 0 Å². The minimum absolute atomic E-state index is 0.101. The van der Waals surface area contributed by atoms with Crippen molar-refractivity contribution in [1.82, 2.24) is 29.9 Å². The van der Waals surface area contributed by atoms with Crippen molar-refractivity contribution in [2.75, 3.05) is 37.7 Å². The van der Waals surface area contributed by atoms with Gasteiger partial charge in [-0.3, -0.25) is 4.79 Å². The number of carbonyl (C=O) groups excluding carboxylic acids is 1. The lowest BCUT2D eigenvalue weighted by molar-refractivity contribution is -0.129. The van der Waals surface area contributed by atoms with Crippen LogP contribution < -0.4 is 9.64 Å². The zero-order chi connectivity index (χ0) is 18.8. The molecule has 1 aliphatic rings. The van der Waals surface area contributed by atoms with Crippen molar-refractivity contribution in [3.05, 3.63) is 30.6 Å². The molecule has 1 saturated heterocycles. The van der Waals surface area contributed by atoms with Gasteiger partial charge in [0, 0.05) is 33.1 Å². The SMILES string of the molecule is CCOc1ccc(-n2nnc3c(N4CCN(C(C)=O)CC4)ncnc32)cc1. The predicted molar refractivity (Wildman–Crippen MR) is 100 cm³/mol. The zero-order valence-corrected chi connectivity index (χ0v) is 15.4. The third-order valence-corrected chi connectivity index (χ3v) is 4.64. The average Bonchev–Trinajstić information content (AvgIpc) is 3.13. The molecule has 1 fully saturated rings. The Kier molecular flexibility index (Phi) is 4.57. The third kappa shape index (κ3) is 3.27. The molecule has 0 bridgehead atoms. The lowest BCUT2D eigenvalue weighted by Crippen LogP contribution is -2.48. The fraction of sp³-hybridized carbons (Fsp3) is 0.389. The van der Waals surface area contributed by atoms with Crippen molar-refractivity contribution in [3.8, 4) is 11.4 Å². The quantitative estimate of drug-likeness (QED) is 0.686. The number of rotatable bonds is 4. The first-order valence-corrected chi connectivity index (χ1v) is 8.97. The van der Waals surface area contributed by atoms with E-state index in [1.807, 2.05) is 36.1 Å². The van der Waals surface area contributed by atoms with E-state index in [4.69, 9.17) is 4.74 Å². The van der Waals surface area contributed by atoms with Crippen LogP contribution in [0.2, 0.25) is 0 Å². The molecule has 2 aromatic heterocycles. The van der Waals surface area contributed by atoms with E-state index in [1.165, 1.54) is 6.33 Å². The fourth-order valence-electron chi connectivity index (χ4n) is 3.23. The Morgan fingerprint density at radius 1 is 1.11 bits per heavy atom. The number of anilines is 1. The maximum absolute atomic E-state index is 11.5. The minimum atomic E-state index is 0.101. The highest BCUT2D eigenvalue weighted by molar-refractivity contribution is 5.84. The molecule has 27 heavy (non-hydrogen) atoms. The molecule has 3 aromatic rings. The van der Waals surface area contributed by atoms with Gasteiger partial charge < -0.3 is 14.5 Å². The lowest BCUT2D eigenvalue weighted by atomic mass is 10.3. The first-order valence-electron chi connectivity index (χ1n) is 8.97. The monoisotopic (exact) mass is 367 g/mol. The summed E-state index contributed by atoms with van der Waals surface area (Å²) < 4.78 is 7.18. The van der Waals surface area contributed by atoms with Crippen LogP contribution in [0.15, 0.2) is 30.6 Å². The van der Waals surface area contributed by atoms with Crippen molar-refractivity contribution >= 4 is 22.9 Å². The summed E-state index contributed by atoms with van der Waals surface area (Å²) >= 11 is 0. The molecule has 0 radical (unpaired) electrons. The number of fused-ring (bicyclic) bond motifs is 1. The van der Waals surface area contributed by atoms with Gasteiger partial charge in [0.2, 0.25) is 5.91 Å². The van der Waals surface area contributed by atoms with Gasteiger partial charge in [0.1, 0.15) is 12.1 Å². The van der Waals surface area contributed by atoms with Gasteiger partial charge in [0.15, 0.2) is 17.0 Å². The Bertz CT molecular complexity index is 946. The molecule has 0 N–H and O–H groups in total. The van der Waals surface area contributed by atoms with Crippen LogP contribution >= 0.6 is 0 Å². The molecule has 1 aliphatic heterocycles. The summed E-state index contributed by atoms with van der Waals surface area (Å²) in [5.74, 6) is 1.66. The van der Waals surface area contributed by atoms with E-state index in [-0.39, 0.29) is 5.91 Å². The van der Waals surface area contributed by atoms with E-state index in [2.05, 4.69) is 25.2 Å². The Morgan fingerprint density at radius 3 is 2.52 bits per heavy atom. The Hall–Kier alpha value is -3.23. The standard InChI is InChI=1S/C18H21N7O2/c1-3-27-15-6-4-14(5-7-15)25-18-16(21-22-25)17(19-12-20-18)24-10-8-23(9-11-24)13(2)26/h4-7,12H,3,8-11H2,1-2H3. The second-order valence-corrected chi connectivity index (χ2v) is 6.29. The molecule has 1 amide bonds.